The fraction of sp³-hybridized carbons (Fsp3) is 0.348. The van der Waals surface area contributed by atoms with Crippen molar-refractivity contribution in [1.29, 1.82) is 0 Å². The number of carboxylic acids is 1. The van der Waals surface area contributed by atoms with Gasteiger partial charge in [0.1, 0.15) is 11.8 Å². The lowest BCUT2D eigenvalue weighted by molar-refractivity contribution is -0.514. The topological polar surface area (TPSA) is 119 Å². The normalized spacial score (nSPS) is 15.3. The second kappa shape index (κ2) is 10.4. The number of aliphatic carboxylic acids is 1. The molecule has 1 amide bonds. The maximum Gasteiger partial charge on any atom is 0.430 e. The number of aromatic nitrogens is 2. The highest BCUT2D eigenvalue weighted by Gasteiger charge is 2.37. The third-order valence-electron chi connectivity index (χ3n) is 5.64. The molecule has 8 nitrogen and oxygen atoms in total. The average Bonchev–Trinajstić information content (AvgIpc) is 3.19. The van der Waals surface area contributed by atoms with Gasteiger partial charge < -0.3 is 25.1 Å². The van der Waals surface area contributed by atoms with E-state index in [1.165, 1.54) is 12.1 Å². The van der Waals surface area contributed by atoms with E-state index in [2.05, 4.69) is 10.3 Å². The number of H-pyrrole nitrogens is 1. The standard InChI is InChI=1S/C21H22FN3O3.C2HF3O2/c1-14-12-15(22)5-6-16(14)18-17-4-2-3-9-25(17)19(23-18)20(27)24-21(13-26)7-10-28-11-8-21;3-2(4,5)1(6)7/h2-6,9,12,26H,7-8,10-11,13H2,1H3,(H,24,27);(H,6,7). The zero-order valence-corrected chi connectivity index (χ0v) is 18.6. The number of hydrogen-bond acceptors (Lipinski definition) is 5. The lowest BCUT2D eigenvalue weighted by Gasteiger charge is -2.35. The van der Waals surface area contributed by atoms with Gasteiger partial charge in [-0.3, -0.25) is 4.79 Å². The Balaban J connectivity index is 0.000000429. The van der Waals surface area contributed by atoms with Crippen molar-refractivity contribution in [2.75, 3.05) is 19.8 Å². The van der Waals surface area contributed by atoms with E-state index >= 15 is 0 Å². The molecule has 0 saturated carbocycles. The van der Waals surface area contributed by atoms with Crippen molar-refractivity contribution in [3.8, 4) is 11.3 Å². The van der Waals surface area contributed by atoms with Gasteiger partial charge in [0.2, 0.25) is 0 Å². The van der Waals surface area contributed by atoms with Crippen LogP contribution < -0.4 is 14.8 Å². The molecule has 4 rings (SSSR count). The summed E-state index contributed by atoms with van der Waals surface area (Å²) in [5, 5.41) is 21.7. The molecule has 3 heterocycles. The number of rotatable bonds is 4. The van der Waals surface area contributed by atoms with Crippen molar-refractivity contribution in [2.24, 2.45) is 0 Å². The Labute approximate surface area is 197 Å². The molecule has 3 aromatic rings. The van der Waals surface area contributed by atoms with Crippen LogP contribution in [0.5, 0.6) is 0 Å². The Morgan fingerprint density at radius 2 is 1.89 bits per heavy atom. The molecule has 1 aliphatic rings. The highest BCUT2D eigenvalue weighted by atomic mass is 19.4. The van der Waals surface area contributed by atoms with Crippen LogP contribution >= 0.6 is 0 Å². The molecule has 188 valence electrons. The highest BCUT2D eigenvalue weighted by Crippen LogP contribution is 2.26. The Morgan fingerprint density at radius 3 is 2.46 bits per heavy atom. The molecular weight excluding hydrogens is 474 g/mol. The van der Waals surface area contributed by atoms with Crippen molar-refractivity contribution < 1.29 is 46.5 Å². The van der Waals surface area contributed by atoms with Crippen molar-refractivity contribution in [3.63, 3.8) is 0 Å². The van der Waals surface area contributed by atoms with Crippen LogP contribution in [0.4, 0.5) is 17.6 Å². The number of imidazole rings is 1. The number of ether oxygens (including phenoxy) is 1. The number of amides is 1. The van der Waals surface area contributed by atoms with Crippen molar-refractivity contribution >= 4 is 17.4 Å². The smallest absolute Gasteiger partial charge is 0.430 e. The number of benzene rings is 1. The van der Waals surface area contributed by atoms with Crippen LogP contribution in [-0.2, 0) is 9.53 Å². The van der Waals surface area contributed by atoms with Crippen molar-refractivity contribution in [1.82, 2.24) is 10.3 Å². The lowest BCUT2D eigenvalue weighted by atomic mass is 9.91. The third-order valence-corrected chi connectivity index (χ3v) is 5.64. The summed E-state index contributed by atoms with van der Waals surface area (Å²) in [6.45, 7) is 2.69. The number of hydrogen-bond donors (Lipinski definition) is 3. The van der Waals surface area contributed by atoms with Crippen LogP contribution in [0.2, 0.25) is 0 Å². The molecular formula is C23H23F4N3O5. The number of aliphatic hydroxyl groups excluding tert-OH is 1. The zero-order valence-electron chi connectivity index (χ0n) is 18.6. The van der Waals surface area contributed by atoms with Gasteiger partial charge in [0, 0.05) is 18.8 Å². The summed E-state index contributed by atoms with van der Waals surface area (Å²) in [6.07, 6.45) is -2.27. The molecule has 3 N–H and O–H groups in total. The molecule has 0 aliphatic carbocycles. The SMILES string of the molecule is Cc1cc(F)ccc1-c1[nH]c(C(=O)NC2(CO)CCOCC2)[n+]2ccccc12.O=C([O-])C(F)(F)F. The van der Waals surface area contributed by atoms with Crippen molar-refractivity contribution in [3.05, 3.63) is 59.8 Å². The predicted octanol–water partition coefficient (Wildman–Crippen LogP) is 1.44. The summed E-state index contributed by atoms with van der Waals surface area (Å²) >= 11 is 0. The van der Waals surface area contributed by atoms with Crippen LogP contribution in [0.3, 0.4) is 0 Å². The number of aromatic amines is 1. The monoisotopic (exact) mass is 497 g/mol. The van der Waals surface area contributed by atoms with Gasteiger partial charge in [-0.1, -0.05) is 6.07 Å². The third kappa shape index (κ3) is 5.95. The zero-order chi connectivity index (χ0) is 25.8. The summed E-state index contributed by atoms with van der Waals surface area (Å²) < 4.78 is 52.2. The fourth-order valence-corrected chi connectivity index (χ4v) is 3.75. The van der Waals surface area contributed by atoms with E-state index in [4.69, 9.17) is 14.6 Å². The molecule has 0 bridgehead atoms. The summed E-state index contributed by atoms with van der Waals surface area (Å²) in [5.41, 5.74) is 2.47. The Morgan fingerprint density at radius 1 is 1.23 bits per heavy atom. The Bertz CT molecular complexity index is 1220. The maximum atomic E-state index is 13.5. The van der Waals surface area contributed by atoms with E-state index in [0.29, 0.717) is 31.9 Å². The number of nitrogens with one attached hydrogen (secondary N) is 2. The van der Waals surface area contributed by atoms with Gasteiger partial charge in [0.05, 0.1) is 18.3 Å². The van der Waals surface area contributed by atoms with Gasteiger partial charge in [-0.15, -0.1) is 0 Å². The number of carbonyl (C=O) groups is 2. The molecule has 12 heteroatoms. The summed E-state index contributed by atoms with van der Waals surface area (Å²) in [4.78, 5) is 25.1. The Kier molecular flexibility index (Phi) is 7.76. The van der Waals surface area contributed by atoms with Gasteiger partial charge in [-0.05, 0) is 55.7 Å². The molecule has 1 fully saturated rings. The number of pyridine rings is 1. The van der Waals surface area contributed by atoms with E-state index in [0.717, 1.165) is 22.3 Å². The Hall–Kier alpha value is -3.51. The molecule has 0 unspecified atom stereocenters. The minimum atomic E-state index is -5.19. The van der Waals surface area contributed by atoms with E-state index in [1.54, 1.807) is 16.7 Å². The minimum Gasteiger partial charge on any atom is -0.542 e. The first-order valence-corrected chi connectivity index (χ1v) is 10.6. The van der Waals surface area contributed by atoms with Gasteiger partial charge in [-0.25, -0.2) is 9.37 Å². The molecule has 1 aliphatic heterocycles. The van der Waals surface area contributed by atoms with Crippen LogP contribution in [0.25, 0.3) is 16.8 Å². The van der Waals surface area contributed by atoms with Crippen molar-refractivity contribution in [2.45, 2.75) is 31.5 Å². The van der Waals surface area contributed by atoms with Crippen LogP contribution in [0.1, 0.15) is 29.0 Å². The number of fused-ring (bicyclic) bond motifs is 1. The number of halogens is 4. The number of carbonyl (C=O) groups excluding carboxylic acids is 2. The first-order chi connectivity index (χ1) is 16.5. The van der Waals surface area contributed by atoms with Gasteiger partial charge >= 0.3 is 17.9 Å². The minimum absolute atomic E-state index is 0.144. The molecule has 0 radical (unpaired) electrons. The number of aryl methyl sites for hydroxylation is 1. The van der Waals surface area contributed by atoms with Crippen LogP contribution in [0, 0.1) is 12.7 Å². The molecule has 0 spiro atoms. The second-order valence-electron chi connectivity index (χ2n) is 8.05. The first kappa shape index (κ1) is 26.1. The molecule has 1 saturated heterocycles. The lowest BCUT2D eigenvalue weighted by Crippen LogP contribution is -2.55. The van der Waals surface area contributed by atoms with E-state index < -0.39 is 17.7 Å². The first-order valence-electron chi connectivity index (χ1n) is 10.6. The molecule has 0 atom stereocenters. The van der Waals surface area contributed by atoms with Gasteiger partial charge in [0.15, 0.2) is 11.2 Å². The second-order valence-corrected chi connectivity index (χ2v) is 8.05. The largest absolute Gasteiger partial charge is 0.542 e. The number of alkyl halides is 3. The summed E-state index contributed by atoms with van der Waals surface area (Å²) in [5.74, 6) is -3.25. The maximum absolute atomic E-state index is 13.5. The molecule has 1 aromatic carbocycles. The van der Waals surface area contributed by atoms with Gasteiger partial charge in [0.25, 0.3) is 0 Å². The fourth-order valence-electron chi connectivity index (χ4n) is 3.75. The molecule has 35 heavy (non-hydrogen) atoms. The van der Waals surface area contributed by atoms with E-state index in [9.17, 15) is 27.5 Å². The number of nitrogens with zero attached hydrogens (tertiary/aromatic N) is 1. The summed E-state index contributed by atoms with van der Waals surface area (Å²) in [6, 6.07) is 10.2. The van der Waals surface area contributed by atoms with E-state index in [-0.39, 0.29) is 18.3 Å². The average molecular weight is 497 g/mol. The van der Waals surface area contributed by atoms with Crippen LogP contribution in [0.15, 0.2) is 42.6 Å². The number of carboxylic acid groups (broad SMARTS) is 1. The van der Waals surface area contributed by atoms with Crippen LogP contribution in [-0.4, -0.2) is 53.5 Å². The van der Waals surface area contributed by atoms with E-state index in [1.807, 2.05) is 25.1 Å². The number of aliphatic hydroxyl groups is 1. The molecule has 2 aromatic heterocycles. The highest BCUT2D eigenvalue weighted by molar-refractivity contribution is 5.92. The quantitative estimate of drug-likeness (QED) is 0.373. The predicted molar refractivity (Wildman–Crippen MR) is 112 cm³/mol. The van der Waals surface area contributed by atoms with Gasteiger partial charge in [-0.2, -0.15) is 17.6 Å². The summed E-state index contributed by atoms with van der Waals surface area (Å²) in [7, 11) is 0.